The summed E-state index contributed by atoms with van der Waals surface area (Å²) in [6, 6.07) is 16.4. The summed E-state index contributed by atoms with van der Waals surface area (Å²) >= 11 is 0. The highest BCUT2D eigenvalue weighted by atomic mass is 16.7. The lowest BCUT2D eigenvalue weighted by Crippen LogP contribution is -2.57. The maximum atomic E-state index is 10.2. The van der Waals surface area contributed by atoms with Gasteiger partial charge in [0.2, 0.25) is 17.1 Å². The smallest absolute Gasteiger partial charge is 0.244 e. The molecule has 1 aromatic carbocycles. The number of nitriles is 3. The van der Waals surface area contributed by atoms with E-state index in [2.05, 4.69) is 11.1 Å². The first-order valence-corrected chi connectivity index (χ1v) is 8.93. The maximum absolute atomic E-state index is 10.2. The lowest BCUT2D eigenvalue weighted by atomic mass is 9.54. The van der Waals surface area contributed by atoms with Crippen molar-refractivity contribution in [1.29, 1.82) is 21.2 Å². The minimum absolute atomic E-state index is 0.444. The van der Waals surface area contributed by atoms with E-state index in [4.69, 9.17) is 19.6 Å². The van der Waals surface area contributed by atoms with Crippen LogP contribution in [0.25, 0.3) is 0 Å². The van der Waals surface area contributed by atoms with Crippen molar-refractivity contribution in [2.75, 3.05) is 7.11 Å². The van der Waals surface area contributed by atoms with Gasteiger partial charge in [-0.2, -0.15) is 15.8 Å². The summed E-state index contributed by atoms with van der Waals surface area (Å²) in [5.74, 6) is -2.13. The van der Waals surface area contributed by atoms with Crippen molar-refractivity contribution in [2.45, 2.75) is 18.8 Å². The number of H-pyrrole nitrogens is 1. The predicted molar refractivity (Wildman–Crippen MR) is 99.0 cm³/mol. The van der Waals surface area contributed by atoms with Gasteiger partial charge in [-0.1, -0.05) is 6.92 Å². The number of aromatic amines is 1. The molecule has 4 atom stereocenters. The Bertz CT molecular complexity index is 1080. The zero-order valence-corrected chi connectivity index (χ0v) is 15.8. The number of hydrogen-bond donors (Lipinski definition) is 2. The number of benzene rings is 1. The van der Waals surface area contributed by atoms with Crippen LogP contribution in [0.5, 0.6) is 5.75 Å². The summed E-state index contributed by atoms with van der Waals surface area (Å²) in [6.07, 6.45) is 0.511. The molecule has 2 saturated heterocycles. The van der Waals surface area contributed by atoms with E-state index < -0.39 is 34.5 Å². The highest BCUT2D eigenvalue weighted by molar-refractivity contribution is 5.89. The molecule has 1 aromatic heterocycles. The van der Waals surface area contributed by atoms with Crippen LogP contribution in [-0.4, -0.2) is 18.0 Å². The molecule has 0 spiro atoms. The number of aromatic nitrogens is 1. The topological polar surface area (TPSA) is 139 Å². The Morgan fingerprint density at radius 2 is 1.79 bits per heavy atom. The Balaban J connectivity index is 2.00. The third-order valence-electron chi connectivity index (χ3n) is 6.07. The van der Waals surface area contributed by atoms with E-state index in [0.29, 0.717) is 17.0 Å². The zero-order valence-electron chi connectivity index (χ0n) is 15.8. The Labute approximate surface area is 167 Å². The molecule has 0 aliphatic carbocycles. The second kappa shape index (κ2) is 6.10. The molecule has 2 N–H and O–H groups in total. The van der Waals surface area contributed by atoms with E-state index in [1.165, 1.54) is 0 Å². The van der Waals surface area contributed by atoms with Crippen molar-refractivity contribution in [3.8, 4) is 24.0 Å². The third kappa shape index (κ3) is 2.00. The van der Waals surface area contributed by atoms with Crippen molar-refractivity contribution in [3.05, 3.63) is 53.9 Å². The van der Waals surface area contributed by atoms with Crippen LogP contribution in [-0.2, 0) is 15.3 Å². The molecule has 3 heterocycles. The fraction of sp³-hybridized carbons (Fsp3) is 0.333. The molecule has 8 nitrogen and oxygen atoms in total. The summed E-state index contributed by atoms with van der Waals surface area (Å²) in [7, 11) is 1.55. The third-order valence-corrected chi connectivity index (χ3v) is 6.07. The maximum Gasteiger partial charge on any atom is 0.244 e. The van der Waals surface area contributed by atoms with Gasteiger partial charge >= 0.3 is 0 Å². The minimum Gasteiger partial charge on any atom is -0.497 e. The van der Waals surface area contributed by atoms with Gasteiger partial charge in [-0.25, -0.2) is 0 Å². The summed E-state index contributed by atoms with van der Waals surface area (Å²) in [6.45, 7) is 1.67. The number of nitrogens with zero attached hydrogens (tertiary/aromatic N) is 3. The molecule has 2 bridgehead atoms. The van der Waals surface area contributed by atoms with E-state index in [0.717, 1.165) is 0 Å². The van der Waals surface area contributed by atoms with Gasteiger partial charge in [0, 0.05) is 17.5 Å². The molecule has 2 aromatic rings. The Morgan fingerprint density at radius 1 is 1.10 bits per heavy atom. The number of ether oxygens (including phenoxy) is 3. The van der Waals surface area contributed by atoms with E-state index >= 15 is 0 Å². The van der Waals surface area contributed by atoms with Gasteiger partial charge in [0.25, 0.3) is 0 Å². The molecule has 4 unspecified atom stereocenters. The molecule has 8 heteroatoms. The van der Waals surface area contributed by atoms with Gasteiger partial charge in [0.15, 0.2) is 5.41 Å². The van der Waals surface area contributed by atoms with E-state index in [9.17, 15) is 15.8 Å². The van der Waals surface area contributed by atoms with Crippen molar-refractivity contribution >= 4 is 5.90 Å². The predicted octanol–water partition coefficient (Wildman–Crippen LogP) is 3.13. The van der Waals surface area contributed by atoms with E-state index in [1.807, 2.05) is 12.1 Å². The van der Waals surface area contributed by atoms with Gasteiger partial charge in [-0.15, -0.1) is 0 Å². The minimum atomic E-state index is -1.98. The number of methoxy groups -OCH3 is 1. The molecule has 0 amide bonds. The van der Waals surface area contributed by atoms with Crippen molar-refractivity contribution in [1.82, 2.24) is 4.98 Å². The first kappa shape index (κ1) is 18.6. The monoisotopic (exact) mass is 387 g/mol. The molecule has 29 heavy (non-hydrogen) atoms. The molecular formula is C21H17N5O3. The van der Waals surface area contributed by atoms with Crippen LogP contribution in [0.1, 0.15) is 24.3 Å². The van der Waals surface area contributed by atoms with Crippen molar-refractivity contribution < 1.29 is 14.2 Å². The largest absolute Gasteiger partial charge is 0.497 e. The number of nitrogens with one attached hydrogen (secondary N) is 2. The van der Waals surface area contributed by atoms with Crippen LogP contribution in [0.15, 0.2) is 42.6 Å². The molecule has 0 saturated carbocycles. The Morgan fingerprint density at radius 3 is 2.31 bits per heavy atom. The first-order valence-electron chi connectivity index (χ1n) is 8.93. The molecule has 0 radical (unpaired) electrons. The number of hydrogen-bond acceptors (Lipinski definition) is 7. The van der Waals surface area contributed by atoms with Gasteiger partial charge < -0.3 is 19.2 Å². The lowest BCUT2D eigenvalue weighted by molar-refractivity contribution is -0.289. The second-order valence-corrected chi connectivity index (χ2v) is 7.12. The van der Waals surface area contributed by atoms with Gasteiger partial charge in [-0.05, 0) is 36.4 Å². The highest BCUT2D eigenvalue weighted by Gasteiger charge is 2.79. The van der Waals surface area contributed by atoms with Crippen molar-refractivity contribution in [3.63, 3.8) is 0 Å². The Kier molecular flexibility index (Phi) is 3.91. The second-order valence-electron chi connectivity index (χ2n) is 7.12. The average Bonchev–Trinajstić information content (AvgIpc) is 3.33. The van der Waals surface area contributed by atoms with E-state index in [1.54, 1.807) is 56.6 Å². The molecule has 2 aliphatic rings. The van der Waals surface area contributed by atoms with Gasteiger partial charge in [0.05, 0.1) is 31.2 Å². The number of rotatable bonds is 3. The number of fused-ring (bicyclic) bond motifs is 2. The van der Waals surface area contributed by atoms with Crippen LogP contribution < -0.4 is 4.74 Å². The standard InChI is InChI=1S/C21H17N5O3/c1-13-20(12-24)18(25)29-21(13,14-5-7-15(27-2)8-6-14)28-17(16-4-3-9-26-16)19(20,10-22)11-23/h3-9,13,17,25-26H,1-2H3. The summed E-state index contributed by atoms with van der Waals surface area (Å²) in [5, 5.41) is 38.9. The molecular weight excluding hydrogens is 370 g/mol. The molecule has 2 fully saturated rings. The van der Waals surface area contributed by atoms with Crippen LogP contribution in [0, 0.1) is 56.2 Å². The first-order chi connectivity index (χ1) is 14.0. The van der Waals surface area contributed by atoms with Crippen LogP contribution >= 0.6 is 0 Å². The fourth-order valence-electron chi connectivity index (χ4n) is 4.48. The molecule has 4 rings (SSSR count). The highest BCUT2D eigenvalue weighted by Crippen LogP contribution is 2.68. The Hall–Kier alpha value is -3.80. The summed E-state index contributed by atoms with van der Waals surface area (Å²) in [5.41, 5.74) is -2.77. The zero-order chi connectivity index (χ0) is 20.9. The van der Waals surface area contributed by atoms with Crippen LogP contribution in [0.2, 0.25) is 0 Å². The quantitative estimate of drug-likeness (QED) is 0.829. The van der Waals surface area contributed by atoms with Crippen LogP contribution in [0.3, 0.4) is 0 Å². The fourth-order valence-corrected chi connectivity index (χ4v) is 4.48. The molecule has 144 valence electrons. The van der Waals surface area contributed by atoms with Crippen molar-refractivity contribution in [2.24, 2.45) is 16.7 Å². The van der Waals surface area contributed by atoms with Gasteiger partial charge in [-0.3, -0.25) is 5.41 Å². The lowest BCUT2D eigenvalue weighted by Gasteiger charge is -2.48. The van der Waals surface area contributed by atoms with Crippen LogP contribution in [0.4, 0.5) is 0 Å². The molecule has 2 aliphatic heterocycles. The van der Waals surface area contributed by atoms with Gasteiger partial charge in [0.1, 0.15) is 11.9 Å². The normalized spacial score (nSPS) is 31.8. The van der Waals surface area contributed by atoms with E-state index in [-0.39, 0.29) is 0 Å². The summed E-state index contributed by atoms with van der Waals surface area (Å²) in [4.78, 5) is 2.97. The summed E-state index contributed by atoms with van der Waals surface area (Å²) < 4.78 is 17.5. The average molecular weight is 387 g/mol. The SMILES string of the molecule is COc1ccc(C23OC(=N)C(C#N)(C2C)C(C#N)(C#N)C(c2ccc[nH]2)O3)cc1.